The molecule has 0 saturated carbocycles. The minimum absolute atomic E-state index is 0.154. The summed E-state index contributed by atoms with van der Waals surface area (Å²) in [5, 5.41) is 2.86. The highest BCUT2D eigenvalue weighted by atomic mass is 16.5. The van der Waals surface area contributed by atoms with Crippen LogP contribution < -0.4 is 24.4 Å². The van der Waals surface area contributed by atoms with Crippen LogP contribution >= 0.6 is 0 Å². The number of para-hydroxylation sites is 2. The first kappa shape index (κ1) is 22.2. The van der Waals surface area contributed by atoms with Crippen molar-refractivity contribution >= 4 is 23.2 Å². The maximum absolute atomic E-state index is 12.8. The smallest absolute Gasteiger partial charge is 0.267 e. The van der Waals surface area contributed by atoms with Gasteiger partial charge >= 0.3 is 0 Å². The van der Waals surface area contributed by atoms with Gasteiger partial charge in [-0.25, -0.2) is 0 Å². The molecule has 1 N–H and O–H groups in total. The molecule has 0 spiro atoms. The third-order valence-electron chi connectivity index (χ3n) is 5.12. The Morgan fingerprint density at radius 3 is 2.24 bits per heavy atom. The molecule has 33 heavy (non-hydrogen) atoms. The third kappa shape index (κ3) is 5.83. The standard InChI is InChI=1S/C26H26N2O5/c1-19-26(30)28(15-17-32-22-10-6-3-7-11-22)23-18-20(12-13-24(23)33-19)27-25(29)14-16-31-21-8-4-2-5-9-21/h2-13,18-19H,14-17H2,1H3,(H,27,29). The zero-order chi connectivity index (χ0) is 23.0. The molecule has 170 valence electrons. The summed E-state index contributed by atoms with van der Waals surface area (Å²) in [7, 11) is 0. The number of nitrogens with zero attached hydrogens (tertiary/aromatic N) is 1. The Kier molecular flexibility index (Phi) is 7.09. The van der Waals surface area contributed by atoms with E-state index in [2.05, 4.69) is 5.32 Å². The zero-order valence-corrected chi connectivity index (χ0v) is 18.4. The van der Waals surface area contributed by atoms with Gasteiger partial charge in [0.15, 0.2) is 6.10 Å². The van der Waals surface area contributed by atoms with Crippen LogP contribution in [0.4, 0.5) is 11.4 Å². The van der Waals surface area contributed by atoms with Crippen LogP contribution in [0.15, 0.2) is 78.9 Å². The van der Waals surface area contributed by atoms with Crippen LogP contribution in [0.1, 0.15) is 13.3 Å². The Balaban J connectivity index is 1.38. The molecule has 1 unspecified atom stereocenters. The molecule has 0 aliphatic carbocycles. The molecule has 7 heteroatoms. The molecule has 0 saturated heterocycles. The summed E-state index contributed by atoms with van der Waals surface area (Å²) >= 11 is 0. The highest BCUT2D eigenvalue weighted by Gasteiger charge is 2.31. The Bertz CT molecular complexity index is 1090. The number of hydrogen-bond acceptors (Lipinski definition) is 5. The predicted molar refractivity (Wildman–Crippen MR) is 126 cm³/mol. The highest BCUT2D eigenvalue weighted by molar-refractivity contribution is 6.01. The van der Waals surface area contributed by atoms with Crippen molar-refractivity contribution in [2.75, 3.05) is 30.0 Å². The van der Waals surface area contributed by atoms with E-state index in [9.17, 15) is 9.59 Å². The molecule has 1 aliphatic rings. The number of carbonyl (C=O) groups is 2. The van der Waals surface area contributed by atoms with Gasteiger partial charge in [0.2, 0.25) is 5.91 Å². The summed E-state index contributed by atoms with van der Waals surface area (Å²) < 4.78 is 17.1. The van der Waals surface area contributed by atoms with E-state index in [-0.39, 0.29) is 24.8 Å². The summed E-state index contributed by atoms with van der Waals surface area (Å²) in [5.41, 5.74) is 1.19. The van der Waals surface area contributed by atoms with Crippen LogP contribution in [0.25, 0.3) is 0 Å². The number of hydrogen-bond donors (Lipinski definition) is 1. The molecule has 4 rings (SSSR count). The van der Waals surface area contributed by atoms with Crippen LogP contribution in [0.5, 0.6) is 17.2 Å². The minimum Gasteiger partial charge on any atom is -0.493 e. The Morgan fingerprint density at radius 2 is 1.58 bits per heavy atom. The number of rotatable bonds is 9. The molecule has 2 amide bonds. The molecule has 1 heterocycles. The number of fused-ring (bicyclic) bond motifs is 1. The zero-order valence-electron chi connectivity index (χ0n) is 18.4. The van der Waals surface area contributed by atoms with Gasteiger partial charge < -0.3 is 24.4 Å². The quantitative estimate of drug-likeness (QED) is 0.531. The maximum Gasteiger partial charge on any atom is 0.267 e. The van der Waals surface area contributed by atoms with Crippen LogP contribution in [-0.4, -0.2) is 37.7 Å². The summed E-state index contributed by atoms with van der Waals surface area (Å²) in [6.07, 6.45) is -0.391. The minimum atomic E-state index is -0.593. The van der Waals surface area contributed by atoms with Crippen molar-refractivity contribution in [3.05, 3.63) is 78.9 Å². The van der Waals surface area contributed by atoms with Gasteiger partial charge in [0.1, 0.15) is 23.9 Å². The van der Waals surface area contributed by atoms with E-state index in [1.165, 1.54) is 0 Å². The summed E-state index contributed by atoms with van der Waals surface area (Å²) in [6.45, 7) is 2.67. The van der Waals surface area contributed by atoms with E-state index in [1.807, 2.05) is 60.7 Å². The van der Waals surface area contributed by atoms with Crippen LogP contribution in [0.3, 0.4) is 0 Å². The van der Waals surface area contributed by atoms with Crippen LogP contribution in [-0.2, 0) is 9.59 Å². The molecule has 0 radical (unpaired) electrons. The molecule has 0 aromatic heterocycles. The monoisotopic (exact) mass is 446 g/mol. The van der Waals surface area contributed by atoms with E-state index in [0.717, 1.165) is 11.5 Å². The van der Waals surface area contributed by atoms with E-state index >= 15 is 0 Å². The number of anilines is 2. The Hall–Kier alpha value is -4.00. The number of carbonyl (C=O) groups excluding carboxylic acids is 2. The van der Waals surface area contributed by atoms with Crippen molar-refractivity contribution in [1.29, 1.82) is 0 Å². The normalized spacial score (nSPS) is 14.8. The number of ether oxygens (including phenoxy) is 3. The van der Waals surface area contributed by atoms with Crippen molar-refractivity contribution in [3.63, 3.8) is 0 Å². The molecule has 3 aromatic rings. The fourth-order valence-electron chi connectivity index (χ4n) is 3.49. The van der Waals surface area contributed by atoms with Gasteiger partial charge in [-0.05, 0) is 49.4 Å². The number of benzene rings is 3. The Labute approximate surface area is 192 Å². The average Bonchev–Trinajstić information content (AvgIpc) is 2.83. The maximum atomic E-state index is 12.8. The topological polar surface area (TPSA) is 77.1 Å². The molecule has 1 aliphatic heterocycles. The van der Waals surface area contributed by atoms with Crippen molar-refractivity contribution < 1.29 is 23.8 Å². The summed E-state index contributed by atoms with van der Waals surface area (Å²) in [5.74, 6) is 1.72. The lowest BCUT2D eigenvalue weighted by Gasteiger charge is -2.33. The van der Waals surface area contributed by atoms with Gasteiger partial charge in [-0.1, -0.05) is 36.4 Å². The number of amides is 2. The Morgan fingerprint density at radius 1 is 0.939 bits per heavy atom. The van der Waals surface area contributed by atoms with Gasteiger partial charge in [0.05, 0.1) is 25.3 Å². The van der Waals surface area contributed by atoms with Crippen molar-refractivity contribution in [2.45, 2.75) is 19.4 Å². The third-order valence-corrected chi connectivity index (χ3v) is 5.12. The number of nitrogens with one attached hydrogen (secondary N) is 1. The first-order chi connectivity index (χ1) is 16.1. The lowest BCUT2D eigenvalue weighted by molar-refractivity contribution is -0.125. The predicted octanol–water partition coefficient (Wildman–Crippen LogP) is 4.29. The second-order valence-electron chi connectivity index (χ2n) is 7.55. The second-order valence-corrected chi connectivity index (χ2v) is 7.55. The van der Waals surface area contributed by atoms with Gasteiger partial charge in [0, 0.05) is 5.69 Å². The first-order valence-corrected chi connectivity index (χ1v) is 10.9. The van der Waals surface area contributed by atoms with Gasteiger partial charge in [-0.2, -0.15) is 0 Å². The molecular formula is C26H26N2O5. The molecule has 0 fully saturated rings. The SMILES string of the molecule is CC1Oc2ccc(NC(=O)CCOc3ccccc3)cc2N(CCOc2ccccc2)C1=O. The summed E-state index contributed by atoms with van der Waals surface area (Å²) in [4.78, 5) is 26.8. The van der Waals surface area contributed by atoms with Crippen molar-refractivity contribution in [3.8, 4) is 17.2 Å². The molecule has 3 aromatic carbocycles. The van der Waals surface area contributed by atoms with Gasteiger partial charge in [0.25, 0.3) is 5.91 Å². The lowest BCUT2D eigenvalue weighted by atomic mass is 10.1. The molecule has 0 bridgehead atoms. The van der Waals surface area contributed by atoms with Crippen molar-refractivity contribution in [2.24, 2.45) is 0 Å². The average molecular weight is 447 g/mol. The molecule has 1 atom stereocenters. The highest BCUT2D eigenvalue weighted by Crippen LogP contribution is 2.36. The fourth-order valence-corrected chi connectivity index (χ4v) is 3.49. The van der Waals surface area contributed by atoms with Crippen LogP contribution in [0, 0.1) is 0 Å². The largest absolute Gasteiger partial charge is 0.493 e. The van der Waals surface area contributed by atoms with Crippen molar-refractivity contribution in [1.82, 2.24) is 0 Å². The lowest BCUT2D eigenvalue weighted by Crippen LogP contribution is -2.46. The fraction of sp³-hybridized carbons (Fsp3) is 0.231. The summed E-state index contributed by atoms with van der Waals surface area (Å²) in [6, 6.07) is 24.1. The van der Waals surface area contributed by atoms with E-state index in [4.69, 9.17) is 14.2 Å². The first-order valence-electron chi connectivity index (χ1n) is 10.9. The van der Waals surface area contributed by atoms with Gasteiger partial charge in [-0.15, -0.1) is 0 Å². The molecule has 7 nitrogen and oxygen atoms in total. The van der Waals surface area contributed by atoms with E-state index in [1.54, 1.807) is 30.0 Å². The molecular weight excluding hydrogens is 420 g/mol. The van der Waals surface area contributed by atoms with E-state index in [0.29, 0.717) is 30.3 Å². The van der Waals surface area contributed by atoms with Gasteiger partial charge in [-0.3, -0.25) is 9.59 Å². The van der Waals surface area contributed by atoms with Crippen LogP contribution in [0.2, 0.25) is 0 Å². The van der Waals surface area contributed by atoms with E-state index < -0.39 is 6.10 Å². The second kappa shape index (κ2) is 10.5.